The van der Waals surface area contributed by atoms with Gasteiger partial charge in [0.15, 0.2) is 0 Å². The summed E-state index contributed by atoms with van der Waals surface area (Å²) in [6.07, 6.45) is 0. The molecule has 8 heteroatoms. The molecule has 1 N–H and O–H groups in total. The van der Waals surface area contributed by atoms with Crippen molar-refractivity contribution in [3.63, 3.8) is 0 Å². The Labute approximate surface area is 101 Å². The standard InChI is InChI=1S/C10H10F2N2O4/c1-18-3-2-13-10(15)7-4-6(11)5-8(9(7)12)14(16)17/h4-5H,2-3H2,1H3,(H,13,15). The predicted molar refractivity (Wildman–Crippen MR) is 57.2 cm³/mol. The Hall–Kier alpha value is -2.09. The number of nitro groups is 1. The normalized spacial score (nSPS) is 10.2. The minimum atomic E-state index is -1.36. The molecule has 98 valence electrons. The smallest absolute Gasteiger partial charge is 0.308 e. The zero-order chi connectivity index (χ0) is 13.7. The maximum atomic E-state index is 13.6. The van der Waals surface area contributed by atoms with Crippen LogP contribution in [0.15, 0.2) is 12.1 Å². The number of ether oxygens (including phenoxy) is 1. The second kappa shape index (κ2) is 6.01. The largest absolute Gasteiger partial charge is 0.383 e. The van der Waals surface area contributed by atoms with Crippen LogP contribution in [0, 0.1) is 21.7 Å². The van der Waals surface area contributed by atoms with E-state index in [0.717, 1.165) is 0 Å². The van der Waals surface area contributed by atoms with Crippen molar-refractivity contribution in [2.24, 2.45) is 0 Å². The number of carbonyl (C=O) groups is 1. The van der Waals surface area contributed by atoms with Crippen LogP contribution in [0.2, 0.25) is 0 Å². The van der Waals surface area contributed by atoms with Crippen LogP contribution in [-0.2, 0) is 4.74 Å². The van der Waals surface area contributed by atoms with Crippen LogP contribution >= 0.6 is 0 Å². The van der Waals surface area contributed by atoms with E-state index >= 15 is 0 Å². The molecule has 0 fully saturated rings. The summed E-state index contributed by atoms with van der Waals surface area (Å²) in [5.41, 5.74) is -1.79. The number of halogens is 2. The summed E-state index contributed by atoms with van der Waals surface area (Å²) in [6.45, 7) is 0.268. The number of hydrogen-bond acceptors (Lipinski definition) is 4. The van der Waals surface area contributed by atoms with E-state index in [1.165, 1.54) is 7.11 Å². The van der Waals surface area contributed by atoms with Gasteiger partial charge in [0.1, 0.15) is 5.82 Å². The summed E-state index contributed by atoms with van der Waals surface area (Å²) in [5.74, 6) is -3.36. The predicted octanol–water partition coefficient (Wildman–Crippen LogP) is 1.25. The van der Waals surface area contributed by atoms with Crippen LogP contribution in [0.5, 0.6) is 0 Å². The lowest BCUT2D eigenvalue weighted by atomic mass is 10.1. The zero-order valence-electron chi connectivity index (χ0n) is 9.41. The number of hydrogen-bond donors (Lipinski definition) is 1. The Morgan fingerprint density at radius 1 is 1.50 bits per heavy atom. The Bertz CT molecular complexity index is 479. The summed E-state index contributed by atoms with van der Waals surface area (Å²) in [5, 5.41) is 12.7. The molecule has 18 heavy (non-hydrogen) atoms. The maximum Gasteiger partial charge on any atom is 0.308 e. The van der Waals surface area contributed by atoms with Gasteiger partial charge in [-0.05, 0) is 6.07 Å². The number of methoxy groups -OCH3 is 1. The van der Waals surface area contributed by atoms with Gasteiger partial charge in [0, 0.05) is 13.7 Å². The molecule has 0 aromatic heterocycles. The molecular weight excluding hydrogens is 250 g/mol. The van der Waals surface area contributed by atoms with Crippen molar-refractivity contribution < 1.29 is 23.2 Å². The van der Waals surface area contributed by atoms with Crippen LogP contribution in [0.25, 0.3) is 0 Å². The molecule has 0 spiro atoms. The van der Waals surface area contributed by atoms with Crippen molar-refractivity contribution in [1.82, 2.24) is 5.32 Å². The number of rotatable bonds is 5. The Morgan fingerprint density at radius 2 is 2.17 bits per heavy atom. The average Bonchev–Trinajstić information content (AvgIpc) is 2.31. The first kappa shape index (κ1) is 14.0. The number of nitrogens with zero attached hydrogens (tertiary/aromatic N) is 1. The Kier molecular flexibility index (Phi) is 4.67. The van der Waals surface area contributed by atoms with Gasteiger partial charge in [-0.2, -0.15) is 4.39 Å². The van der Waals surface area contributed by atoms with Gasteiger partial charge in [0.05, 0.1) is 23.2 Å². The molecule has 1 rings (SSSR count). The molecule has 1 aromatic carbocycles. The molecule has 6 nitrogen and oxygen atoms in total. The van der Waals surface area contributed by atoms with E-state index < -0.39 is 33.7 Å². The average molecular weight is 260 g/mol. The van der Waals surface area contributed by atoms with Crippen LogP contribution in [0.4, 0.5) is 14.5 Å². The third-order valence-corrected chi connectivity index (χ3v) is 2.05. The highest BCUT2D eigenvalue weighted by Crippen LogP contribution is 2.22. The highest BCUT2D eigenvalue weighted by atomic mass is 19.1. The number of benzene rings is 1. The second-order valence-corrected chi connectivity index (χ2v) is 3.29. The molecule has 0 atom stereocenters. The molecule has 0 saturated carbocycles. The molecule has 0 heterocycles. The summed E-state index contributed by atoms with van der Waals surface area (Å²) in [6, 6.07) is 1.02. The van der Waals surface area contributed by atoms with E-state index in [0.29, 0.717) is 12.1 Å². The van der Waals surface area contributed by atoms with E-state index in [1.54, 1.807) is 0 Å². The molecule has 0 aliphatic heterocycles. The van der Waals surface area contributed by atoms with Gasteiger partial charge in [0.25, 0.3) is 5.91 Å². The minimum absolute atomic E-state index is 0.0824. The van der Waals surface area contributed by atoms with Gasteiger partial charge in [-0.25, -0.2) is 4.39 Å². The fourth-order valence-electron chi connectivity index (χ4n) is 1.23. The van der Waals surface area contributed by atoms with Crippen LogP contribution < -0.4 is 5.32 Å². The van der Waals surface area contributed by atoms with Crippen molar-refractivity contribution in [3.8, 4) is 0 Å². The minimum Gasteiger partial charge on any atom is -0.383 e. The Balaban J connectivity index is 3.01. The van der Waals surface area contributed by atoms with E-state index in [1.807, 2.05) is 0 Å². The number of nitro benzene ring substituents is 1. The van der Waals surface area contributed by atoms with E-state index in [-0.39, 0.29) is 13.2 Å². The highest BCUT2D eigenvalue weighted by molar-refractivity contribution is 5.95. The SMILES string of the molecule is COCCNC(=O)c1cc(F)cc([N+](=O)[O-])c1F. The summed E-state index contributed by atoms with van der Waals surface area (Å²) >= 11 is 0. The van der Waals surface area contributed by atoms with Crippen LogP contribution in [0.1, 0.15) is 10.4 Å². The number of nitrogens with one attached hydrogen (secondary N) is 1. The molecule has 0 radical (unpaired) electrons. The molecule has 0 bridgehead atoms. The van der Waals surface area contributed by atoms with E-state index in [4.69, 9.17) is 0 Å². The maximum absolute atomic E-state index is 13.6. The van der Waals surface area contributed by atoms with Gasteiger partial charge in [-0.1, -0.05) is 0 Å². The molecule has 1 amide bonds. The molecule has 1 aromatic rings. The van der Waals surface area contributed by atoms with Crippen molar-refractivity contribution in [1.29, 1.82) is 0 Å². The third-order valence-electron chi connectivity index (χ3n) is 2.05. The number of amides is 1. The van der Waals surface area contributed by atoms with Gasteiger partial charge in [-0.15, -0.1) is 0 Å². The van der Waals surface area contributed by atoms with Crippen molar-refractivity contribution >= 4 is 11.6 Å². The molecule has 0 aliphatic rings. The van der Waals surface area contributed by atoms with Gasteiger partial charge >= 0.3 is 5.69 Å². The molecule has 0 saturated heterocycles. The lowest BCUT2D eigenvalue weighted by Crippen LogP contribution is -2.28. The molecule has 0 aliphatic carbocycles. The van der Waals surface area contributed by atoms with Gasteiger partial charge in [0.2, 0.25) is 5.82 Å². The number of carbonyl (C=O) groups excluding carboxylic acids is 1. The topological polar surface area (TPSA) is 81.5 Å². The fourth-order valence-corrected chi connectivity index (χ4v) is 1.23. The first-order valence-electron chi connectivity index (χ1n) is 4.88. The van der Waals surface area contributed by atoms with E-state index in [9.17, 15) is 23.7 Å². The summed E-state index contributed by atoms with van der Waals surface area (Å²) in [7, 11) is 1.40. The molecular formula is C10H10F2N2O4. The van der Waals surface area contributed by atoms with Crippen LogP contribution in [-0.4, -0.2) is 31.1 Å². The third kappa shape index (κ3) is 3.20. The zero-order valence-corrected chi connectivity index (χ0v) is 9.41. The van der Waals surface area contributed by atoms with Crippen molar-refractivity contribution in [3.05, 3.63) is 39.4 Å². The summed E-state index contributed by atoms with van der Waals surface area (Å²) in [4.78, 5) is 20.8. The van der Waals surface area contributed by atoms with E-state index in [2.05, 4.69) is 10.1 Å². The highest BCUT2D eigenvalue weighted by Gasteiger charge is 2.23. The lowest BCUT2D eigenvalue weighted by Gasteiger charge is -2.06. The fraction of sp³-hybridized carbons (Fsp3) is 0.300. The quantitative estimate of drug-likeness (QED) is 0.490. The van der Waals surface area contributed by atoms with Gasteiger partial charge < -0.3 is 10.1 Å². The van der Waals surface area contributed by atoms with Crippen molar-refractivity contribution in [2.45, 2.75) is 0 Å². The first-order valence-corrected chi connectivity index (χ1v) is 4.88. The first-order chi connectivity index (χ1) is 8.47. The Morgan fingerprint density at radius 3 is 2.72 bits per heavy atom. The summed E-state index contributed by atoms with van der Waals surface area (Å²) < 4.78 is 31.3. The van der Waals surface area contributed by atoms with Crippen LogP contribution in [0.3, 0.4) is 0 Å². The molecule has 0 unspecified atom stereocenters. The van der Waals surface area contributed by atoms with Gasteiger partial charge in [-0.3, -0.25) is 14.9 Å². The monoisotopic (exact) mass is 260 g/mol. The van der Waals surface area contributed by atoms with Crippen molar-refractivity contribution in [2.75, 3.05) is 20.3 Å². The lowest BCUT2D eigenvalue weighted by molar-refractivity contribution is -0.387. The second-order valence-electron chi connectivity index (χ2n) is 3.29.